The molecule has 0 amide bonds. The number of aromatic nitrogens is 1. The summed E-state index contributed by atoms with van der Waals surface area (Å²) in [6.45, 7) is 3.38. The topological polar surface area (TPSA) is 63.4 Å². The van der Waals surface area contributed by atoms with E-state index in [1.165, 1.54) is 6.26 Å². The maximum Gasteiger partial charge on any atom is 0.226 e. The number of rotatable bonds is 7. The molecule has 1 saturated heterocycles. The predicted molar refractivity (Wildman–Crippen MR) is 127 cm³/mol. The van der Waals surface area contributed by atoms with Crippen LogP contribution in [-0.2, 0) is 16.3 Å². The molecule has 0 radical (unpaired) electrons. The van der Waals surface area contributed by atoms with Gasteiger partial charge in [-0.3, -0.25) is 4.90 Å². The molecule has 0 N–H and O–H groups in total. The monoisotopic (exact) mass is 478 g/mol. The second-order valence-electron chi connectivity index (χ2n) is 8.13. The number of sulfone groups is 1. The SMILES string of the molecule is Cc1oc(-c2ccc(-c3ccc(S(C)(=O)=O)cc3)cc2)nc1CCN1CCC[C@H]1CF.Cl. The molecule has 172 valence electrons. The van der Waals surface area contributed by atoms with Crippen molar-refractivity contribution in [3.8, 4) is 22.6 Å². The number of aryl methyl sites for hydroxylation is 1. The zero-order chi connectivity index (χ0) is 22.0. The fourth-order valence-electron chi connectivity index (χ4n) is 4.10. The fraction of sp³-hybridized carbons (Fsp3) is 0.375. The molecule has 0 unspecified atom stereocenters. The average molecular weight is 479 g/mol. The van der Waals surface area contributed by atoms with Gasteiger partial charge in [0.05, 0.1) is 10.6 Å². The van der Waals surface area contributed by atoms with Crippen LogP contribution in [0, 0.1) is 6.92 Å². The normalized spacial score (nSPS) is 16.8. The second kappa shape index (κ2) is 10.1. The highest BCUT2D eigenvalue weighted by Gasteiger charge is 2.24. The van der Waals surface area contributed by atoms with Crippen LogP contribution >= 0.6 is 12.4 Å². The van der Waals surface area contributed by atoms with Crippen molar-refractivity contribution >= 4 is 22.2 Å². The molecule has 1 aliphatic rings. The van der Waals surface area contributed by atoms with Gasteiger partial charge in [-0.25, -0.2) is 17.8 Å². The lowest BCUT2D eigenvalue weighted by Crippen LogP contribution is -2.32. The van der Waals surface area contributed by atoms with E-state index >= 15 is 0 Å². The van der Waals surface area contributed by atoms with E-state index in [1.54, 1.807) is 12.1 Å². The number of hydrogen-bond donors (Lipinski definition) is 0. The fourth-order valence-corrected chi connectivity index (χ4v) is 4.73. The van der Waals surface area contributed by atoms with Gasteiger partial charge in [0, 0.05) is 30.8 Å². The third-order valence-corrected chi connectivity index (χ3v) is 7.08. The summed E-state index contributed by atoms with van der Waals surface area (Å²) in [4.78, 5) is 7.19. The lowest BCUT2D eigenvalue weighted by atomic mass is 10.0. The number of alkyl halides is 1. The summed E-state index contributed by atoms with van der Waals surface area (Å²) in [6, 6.07) is 14.8. The molecular formula is C24H28ClFN2O3S. The molecule has 0 bridgehead atoms. The van der Waals surface area contributed by atoms with Crippen molar-refractivity contribution < 1.29 is 17.2 Å². The van der Waals surface area contributed by atoms with Gasteiger partial charge < -0.3 is 4.42 Å². The summed E-state index contributed by atoms with van der Waals surface area (Å²) in [7, 11) is -3.20. The Labute approximate surface area is 195 Å². The molecule has 3 aromatic rings. The number of benzene rings is 2. The number of oxazole rings is 1. The Morgan fingerprint density at radius 3 is 2.25 bits per heavy atom. The third-order valence-electron chi connectivity index (χ3n) is 5.95. The molecule has 1 aliphatic heterocycles. The van der Waals surface area contributed by atoms with E-state index in [0.717, 1.165) is 60.5 Å². The number of likely N-dealkylation sites (tertiary alicyclic amines) is 1. The van der Waals surface area contributed by atoms with E-state index in [0.29, 0.717) is 10.8 Å². The van der Waals surface area contributed by atoms with Crippen molar-refractivity contribution in [3.05, 3.63) is 60.0 Å². The Kier molecular flexibility index (Phi) is 7.75. The first-order valence-electron chi connectivity index (χ1n) is 10.5. The number of nitrogens with zero attached hydrogens (tertiary/aromatic N) is 2. The Morgan fingerprint density at radius 2 is 1.66 bits per heavy atom. The zero-order valence-electron chi connectivity index (χ0n) is 18.3. The molecular weight excluding hydrogens is 451 g/mol. The van der Waals surface area contributed by atoms with Crippen LogP contribution in [0.25, 0.3) is 22.6 Å². The van der Waals surface area contributed by atoms with Crippen LogP contribution in [0.15, 0.2) is 57.8 Å². The highest BCUT2D eigenvalue weighted by molar-refractivity contribution is 7.90. The van der Waals surface area contributed by atoms with Gasteiger partial charge in [0.2, 0.25) is 5.89 Å². The molecule has 1 fully saturated rings. The average Bonchev–Trinajstić information content (AvgIpc) is 3.37. The minimum absolute atomic E-state index is 0. The molecule has 0 aliphatic carbocycles. The predicted octanol–water partition coefficient (Wildman–Crippen LogP) is 5.12. The van der Waals surface area contributed by atoms with Crippen LogP contribution in [0.5, 0.6) is 0 Å². The molecule has 0 saturated carbocycles. The minimum Gasteiger partial charge on any atom is -0.441 e. The van der Waals surface area contributed by atoms with E-state index in [-0.39, 0.29) is 25.1 Å². The van der Waals surface area contributed by atoms with Crippen molar-refractivity contribution in [1.29, 1.82) is 0 Å². The van der Waals surface area contributed by atoms with Crippen molar-refractivity contribution in [2.75, 3.05) is 26.0 Å². The van der Waals surface area contributed by atoms with Crippen LogP contribution in [0.3, 0.4) is 0 Å². The van der Waals surface area contributed by atoms with E-state index < -0.39 is 9.84 Å². The quantitative estimate of drug-likeness (QED) is 0.471. The maximum atomic E-state index is 13.1. The molecule has 1 atom stereocenters. The van der Waals surface area contributed by atoms with E-state index in [4.69, 9.17) is 4.42 Å². The van der Waals surface area contributed by atoms with Crippen molar-refractivity contribution in [3.63, 3.8) is 0 Å². The van der Waals surface area contributed by atoms with Gasteiger partial charge in [-0.05, 0) is 61.7 Å². The third kappa shape index (κ3) is 5.39. The Bertz CT molecular complexity index is 1140. The van der Waals surface area contributed by atoms with Gasteiger partial charge in [-0.2, -0.15) is 0 Å². The summed E-state index contributed by atoms with van der Waals surface area (Å²) in [5.74, 6) is 1.38. The highest BCUT2D eigenvalue weighted by Crippen LogP contribution is 2.27. The first-order valence-corrected chi connectivity index (χ1v) is 12.4. The Balaban J connectivity index is 0.00000289. The zero-order valence-corrected chi connectivity index (χ0v) is 19.9. The van der Waals surface area contributed by atoms with Gasteiger partial charge in [0.25, 0.3) is 0 Å². The van der Waals surface area contributed by atoms with Gasteiger partial charge in [0.15, 0.2) is 9.84 Å². The van der Waals surface area contributed by atoms with Crippen molar-refractivity contribution in [2.45, 2.75) is 37.1 Å². The molecule has 2 aromatic carbocycles. The summed E-state index contributed by atoms with van der Waals surface area (Å²) < 4.78 is 42.3. The lowest BCUT2D eigenvalue weighted by molar-refractivity contribution is 0.216. The molecule has 0 spiro atoms. The van der Waals surface area contributed by atoms with Crippen molar-refractivity contribution in [2.24, 2.45) is 0 Å². The number of halogens is 2. The molecule has 1 aromatic heterocycles. The Hall–Kier alpha value is -2.22. The van der Waals surface area contributed by atoms with Crippen LogP contribution in [0.4, 0.5) is 4.39 Å². The van der Waals surface area contributed by atoms with Crippen LogP contribution in [0.1, 0.15) is 24.3 Å². The standard InChI is InChI=1S/C24H27FN2O3S.ClH/c1-17-23(13-15-27-14-3-4-21(27)16-25)26-24(30-17)20-7-5-18(6-8-20)19-9-11-22(12-10-19)31(2,28)29;/h5-12,21H,3-4,13-16H2,1-2H3;1H/t21-;/m0./s1. The Morgan fingerprint density at radius 1 is 1.06 bits per heavy atom. The summed E-state index contributed by atoms with van der Waals surface area (Å²) in [5.41, 5.74) is 3.73. The van der Waals surface area contributed by atoms with Gasteiger partial charge in [0.1, 0.15) is 12.4 Å². The molecule has 2 heterocycles. The van der Waals surface area contributed by atoms with Crippen LogP contribution < -0.4 is 0 Å². The van der Waals surface area contributed by atoms with Gasteiger partial charge in [-0.15, -0.1) is 12.4 Å². The smallest absolute Gasteiger partial charge is 0.226 e. The molecule has 5 nitrogen and oxygen atoms in total. The van der Waals surface area contributed by atoms with E-state index in [2.05, 4.69) is 9.88 Å². The molecule has 4 rings (SSSR count). The molecule has 32 heavy (non-hydrogen) atoms. The molecule has 8 heteroatoms. The number of hydrogen-bond acceptors (Lipinski definition) is 5. The highest BCUT2D eigenvalue weighted by atomic mass is 35.5. The van der Waals surface area contributed by atoms with Gasteiger partial charge in [-0.1, -0.05) is 24.3 Å². The first kappa shape index (κ1) is 24.4. The van der Waals surface area contributed by atoms with Crippen molar-refractivity contribution in [1.82, 2.24) is 9.88 Å². The summed E-state index contributed by atoms with van der Waals surface area (Å²) in [6.07, 6.45) is 3.94. The summed E-state index contributed by atoms with van der Waals surface area (Å²) >= 11 is 0. The van der Waals surface area contributed by atoms with E-state index in [1.807, 2.05) is 43.3 Å². The van der Waals surface area contributed by atoms with Crippen LogP contribution in [-0.4, -0.2) is 50.4 Å². The van der Waals surface area contributed by atoms with Crippen LogP contribution in [0.2, 0.25) is 0 Å². The second-order valence-corrected chi connectivity index (χ2v) is 10.1. The minimum atomic E-state index is -3.20. The first-order chi connectivity index (χ1) is 14.8. The maximum absolute atomic E-state index is 13.1. The van der Waals surface area contributed by atoms with E-state index in [9.17, 15) is 12.8 Å². The van der Waals surface area contributed by atoms with Gasteiger partial charge >= 0.3 is 0 Å². The largest absolute Gasteiger partial charge is 0.441 e. The summed E-state index contributed by atoms with van der Waals surface area (Å²) in [5, 5.41) is 0. The lowest BCUT2D eigenvalue weighted by Gasteiger charge is -2.21.